The Morgan fingerprint density at radius 2 is 1.95 bits per heavy atom. The second-order valence-electron chi connectivity index (χ2n) is 6.66. The second kappa shape index (κ2) is 6.76. The van der Waals surface area contributed by atoms with Crippen molar-refractivity contribution in [1.29, 1.82) is 5.26 Å². The van der Waals surface area contributed by atoms with E-state index in [1.54, 1.807) is 0 Å². The molecule has 0 spiro atoms. The largest absolute Gasteiger partial charge is 0.351 e. The van der Waals surface area contributed by atoms with E-state index < -0.39 is 0 Å². The minimum atomic E-state index is 0.0164. The van der Waals surface area contributed by atoms with Crippen LogP contribution in [0.3, 0.4) is 0 Å². The monoisotopic (exact) mass is 290 g/mol. The number of nitriles is 1. The van der Waals surface area contributed by atoms with E-state index in [0.29, 0.717) is 6.04 Å². The zero-order valence-corrected chi connectivity index (χ0v) is 12.7. The van der Waals surface area contributed by atoms with E-state index in [1.165, 1.54) is 0 Å². The molecule has 1 saturated carbocycles. The molecule has 2 N–H and O–H groups in total. The summed E-state index contributed by atoms with van der Waals surface area (Å²) in [7, 11) is 0. The number of hydrogen-bond donors (Lipinski definition) is 2. The third kappa shape index (κ3) is 3.22. The van der Waals surface area contributed by atoms with Crippen molar-refractivity contribution in [3.05, 3.63) is 0 Å². The Bertz CT molecular complexity index is 413. The molecule has 3 atom stereocenters. The molecule has 116 valence electrons. The lowest BCUT2D eigenvalue weighted by atomic mass is 10.0. The number of nitrogens with one attached hydrogen (secondary N) is 2. The van der Waals surface area contributed by atoms with E-state index in [-0.39, 0.29) is 23.9 Å². The quantitative estimate of drug-likeness (QED) is 0.814. The third-order valence-corrected chi connectivity index (χ3v) is 5.38. The van der Waals surface area contributed by atoms with Gasteiger partial charge in [-0.15, -0.1) is 0 Å². The standard InChI is InChI=1S/C16H26N4O/c17-11-12-3-1-4-14(12)19-16(21)15-5-2-10-20(15)13-6-8-18-9-7-13/h12-15,18H,1-10H2,(H,19,21). The predicted molar refractivity (Wildman–Crippen MR) is 80.5 cm³/mol. The van der Waals surface area contributed by atoms with Crippen molar-refractivity contribution in [3.8, 4) is 6.07 Å². The Balaban J connectivity index is 1.59. The van der Waals surface area contributed by atoms with Gasteiger partial charge in [-0.05, 0) is 64.6 Å². The van der Waals surface area contributed by atoms with E-state index in [2.05, 4.69) is 21.6 Å². The number of carbonyl (C=O) groups excluding carboxylic acids is 1. The molecule has 3 aliphatic rings. The average molecular weight is 290 g/mol. The highest BCUT2D eigenvalue weighted by molar-refractivity contribution is 5.82. The molecule has 0 aromatic heterocycles. The fourth-order valence-corrected chi connectivity index (χ4v) is 4.21. The maximum absolute atomic E-state index is 12.6. The van der Waals surface area contributed by atoms with Crippen LogP contribution in [-0.4, -0.2) is 48.6 Å². The molecule has 2 aliphatic heterocycles. The lowest BCUT2D eigenvalue weighted by Crippen LogP contribution is -2.52. The van der Waals surface area contributed by atoms with Crippen LogP contribution in [0.25, 0.3) is 0 Å². The Hall–Kier alpha value is -1.12. The van der Waals surface area contributed by atoms with E-state index in [0.717, 1.165) is 64.6 Å². The summed E-state index contributed by atoms with van der Waals surface area (Å²) in [5, 5.41) is 15.7. The number of carbonyl (C=O) groups is 1. The van der Waals surface area contributed by atoms with Gasteiger partial charge in [-0.3, -0.25) is 9.69 Å². The minimum absolute atomic E-state index is 0.0164. The summed E-state index contributed by atoms with van der Waals surface area (Å²) in [4.78, 5) is 15.1. The summed E-state index contributed by atoms with van der Waals surface area (Å²) >= 11 is 0. The molecule has 0 aromatic rings. The number of rotatable bonds is 3. The van der Waals surface area contributed by atoms with Crippen LogP contribution in [0.1, 0.15) is 44.9 Å². The lowest BCUT2D eigenvalue weighted by Gasteiger charge is -2.35. The van der Waals surface area contributed by atoms with Crippen LogP contribution in [0, 0.1) is 17.2 Å². The molecule has 3 rings (SSSR count). The molecule has 2 heterocycles. The first kappa shape index (κ1) is 14.8. The molecule has 2 saturated heterocycles. The Morgan fingerprint density at radius 1 is 1.14 bits per heavy atom. The van der Waals surface area contributed by atoms with Crippen LogP contribution in [0.4, 0.5) is 0 Å². The zero-order valence-electron chi connectivity index (χ0n) is 12.7. The van der Waals surface area contributed by atoms with Gasteiger partial charge in [0.2, 0.25) is 5.91 Å². The Labute approximate surface area is 127 Å². The average Bonchev–Trinajstić information content (AvgIpc) is 3.16. The van der Waals surface area contributed by atoms with Crippen LogP contribution in [0.15, 0.2) is 0 Å². The fraction of sp³-hybridized carbons (Fsp3) is 0.875. The first-order valence-corrected chi connectivity index (χ1v) is 8.46. The molecule has 0 bridgehead atoms. The van der Waals surface area contributed by atoms with Crippen LogP contribution in [-0.2, 0) is 4.79 Å². The highest BCUT2D eigenvalue weighted by Crippen LogP contribution is 2.27. The summed E-state index contributed by atoms with van der Waals surface area (Å²) in [6.45, 7) is 3.18. The van der Waals surface area contributed by atoms with Crippen molar-refractivity contribution in [2.75, 3.05) is 19.6 Å². The van der Waals surface area contributed by atoms with E-state index >= 15 is 0 Å². The maximum atomic E-state index is 12.6. The second-order valence-corrected chi connectivity index (χ2v) is 6.66. The minimum Gasteiger partial charge on any atom is -0.351 e. The van der Waals surface area contributed by atoms with Gasteiger partial charge in [0.25, 0.3) is 0 Å². The van der Waals surface area contributed by atoms with Crippen molar-refractivity contribution in [2.24, 2.45) is 5.92 Å². The molecule has 0 aromatic carbocycles. The van der Waals surface area contributed by atoms with Gasteiger partial charge in [-0.25, -0.2) is 0 Å². The Morgan fingerprint density at radius 3 is 2.71 bits per heavy atom. The van der Waals surface area contributed by atoms with Gasteiger partial charge in [0.1, 0.15) is 0 Å². The van der Waals surface area contributed by atoms with E-state index in [9.17, 15) is 4.79 Å². The van der Waals surface area contributed by atoms with Crippen LogP contribution in [0.2, 0.25) is 0 Å². The van der Waals surface area contributed by atoms with Gasteiger partial charge < -0.3 is 10.6 Å². The maximum Gasteiger partial charge on any atom is 0.237 e. The normalized spacial score (nSPS) is 34.7. The van der Waals surface area contributed by atoms with E-state index in [1.807, 2.05) is 0 Å². The van der Waals surface area contributed by atoms with Gasteiger partial charge in [0, 0.05) is 12.1 Å². The van der Waals surface area contributed by atoms with Crippen LogP contribution < -0.4 is 10.6 Å². The number of hydrogen-bond acceptors (Lipinski definition) is 4. The zero-order chi connectivity index (χ0) is 14.7. The first-order valence-electron chi connectivity index (χ1n) is 8.46. The van der Waals surface area contributed by atoms with Crippen molar-refractivity contribution in [2.45, 2.75) is 63.1 Å². The number of likely N-dealkylation sites (tertiary alicyclic amines) is 1. The number of piperidine rings is 1. The molecule has 0 radical (unpaired) electrons. The predicted octanol–water partition coefficient (Wildman–Crippen LogP) is 1.01. The summed E-state index contributed by atoms with van der Waals surface area (Å²) in [5.41, 5.74) is 0. The lowest BCUT2D eigenvalue weighted by molar-refractivity contribution is -0.127. The smallest absolute Gasteiger partial charge is 0.237 e. The van der Waals surface area contributed by atoms with Crippen molar-refractivity contribution < 1.29 is 4.79 Å². The van der Waals surface area contributed by atoms with Crippen LogP contribution >= 0.6 is 0 Å². The molecular weight excluding hydrogens is 264 g/mol. The van der Waals surface area contributed by atoms with Crippen molar-refractivity contribution >= 4 is 5.91 Å². The van der Waals surface area contributed by atoms with E-state index in [4.69, 9.17) is 5.26 Å². The van der Waals surface area contributed by atoms with Gasteiger partial charge in [-0.2, -0.15) is 5.26 Å². The van der Waals surface area contributed by atoms with Crippen molar-refractivity contribution in [3.63, 3.8) is 0 Å². The number of amides is 1. The molecule has 1 aliphatic carbocycles. The summed E-state index contributed by atoms with van der Waals surface area (Å²) in [6, 6.07) is 3.02. The highest BCUT2D eigenvalue weighted by atomic mass is 16.2. The summed E-state index contributed by atoms with van der Waals surface area (Å²) < 4.78 is 0. The topological polar surface area (TPSA) is 68.2 Å². The summed E-state index contributed by atoms with van der Waals surface area (Å²) in [5.74, 6) is 0.181. The van der Waals surface area contributed by atoms with Gasteiger partial charge in [-0.1, -0.05) is 0 Å². The first-order chi connectivity index (χ1) is 10.3. The number of nitrogens with zero attached hydrogens (tertiary/aromatic N) is 2. The summed E-state index contributed by atoms with van der Waals surface area (Å²) in [6.07, 6.45) is 7.34. The highest BCUT2D eigenvalue weighted by Gasteiger charge is 2.38. The molecule has 1 amide bonds. The van der Waals surface area contributed by atoms with Crippen LogP contribution in [0.5, 0.6) is 0 Å². The third-order valence-electron chi connectivity index (χ3n) is 5.38. The molecule has 21 heavy (non-hydrogen) atoms. The SMILES string of the molecule is N#CC1CCCC1NC(=O)C1CCCN1C1CCNCC1. The van der Waals surface area contributed by atoms with Gasteiger partial charge in [0.05, 0.1) is 18.0 Å². The fourth-order valence-electron chi connectivity index (χ4n) is 4.21. The molecule has 3 fully saturated rings. The van der Waals surface area contributed by atoms with Crippen molar-refractivity contribution in [1.82, 2.24) is 15.5 Å². The molecular formula is C16H26N4O. The Kier molecular flexibility index (Phi) is 4.77. The molecule has 5 nitrogen and oxygen atoms in total. The van der Waals surface area contributed by atoms with Gasteiger partial charge in [0.15, 0.2) is 0 Å². The molecule has 3 unspecified atom stereocenters. The molecule has 5 heteroatoms. The van der Waals surface area contributed by atoms with Gasteiger partial charge >= 0.3 is 0 Å².